The quantitative estimate of drug-likeness (QED) is 0.774. The molecule has 0 N–H and O–H groups in total. The number of hydrogen-bond acceptors (Lipinski definition) is 5. The highest BCUT2D eigenvalue weighted by atomic mass is 16.5. The average molecular weight is 317 g/mol. The molecule has 2 aromatic rings. The molecule has 0 fully saturated rings. The number of rotatable bonds is 5. The first kappa shape index (κ1) is 17.1. The van der Waals surface area contributed by atoms with Gasteiger partial charge in [-0.1, -0.05) is 39.8 Å². The van der Waals surface area contributed by atoms with Gasteiger partial charge < -0.3 is 13.9 Å². The number of benzene rings is 1. The van der Waals surface area contributed by atoms with Gasteiger partial charge >= 0.3 is 5.97 Å². The lowest BCUT2D eigenvalue weighted by Gasteiger charge is -2.27. The lowest BCUT2D eigenvalue weighted by molar-refractivity contribution is 0.0594. The van der Waals surface area contributed by atoms with Gasteiger partial charge in [0.25, 0.3) is 0 Å². The van der Waals surface area contributed by atoms with E-state index in [1.54, 1.807) is 0 Å². The lowest BCUT2D eigenvalue weighted by atomic mass is 9.78. The molecule has 23 heavy (non-hydrogen) atoms. The minimum atomic E-state index is -0.527. The summed E-state index contributed by atoms with van der Waals surface area (Å²) in [7, 11) is 1.30. The molecule has 0 saturated heterocycles. The Morgan fingerprint density at radius 1 is 1.35 bits per heavy atom. The maximum atomic E-state index is 11.3. The minimum Gasteiger partial charge on any atom is -0.484 e. The van der Waals surface area contributed by atoms with Crippen LogP contribution in [0.15, 0.2) is 34.9 Å². The third kappa shape index (κ3) is 4.34. The first-order valence-corrected chi connectivity index (χ1v) is 7.56. The zero-order valence-electron chi connectivity index (χ0n) is 14.3. The summed E-state index contributed by atoms with van der Waals surface area (Å²) in [5.74, 6) is 0.954. The monoisotopic (exact) mass is 317 g/mol. The van der Waals surface area contributed by atoms with E-state index >= 15 is 0 Å². The highest BCUT2D eigenvalue weighted by Crippen LogP contribution is 2.35. The first-order chi connectivity index (χ1) is 10.8. The first-order valence-electron chi connectivity index (χ1n) is 7.56. The van der Waals surface area contributed by atoms with Crippen LogP contribution in [0.1, 0.15) is 55.6 Å². The van der Waals surface area contributed by atoms with E-state index < -0.39 is 5.97 Å². The number of carbonyl (C=O) groups excluding carboxylic acids is 1. The molecule has 0 amide bonds. The van der Waals surface area contributed by atoms with Crippen molar-refractivity contribution in [3.63, 3.8) is 0 Å². The molecule has 0 spiro atoms. The number of oxazole rings is 1. The lowest BCUT2D eigenvalue weighted by Crippen LogP contribution is -2.15. The van der Waals surface area contributed by atoms with Crippen molar-refractivity contribution >= 4 is 5.97 Å². The number of esters is 1. The second-order valence-corrected chi connectivity index (χ2v) is 6.57. The molecule has 0 radical (unpaired) electrons. The minimum absolute atomic E-state index is 0.140. The highest BCUT2D eigenvalue weighted by Gasteiger charge is 2.22. The highest BCUT2D eigenvalue weighted by molar-refractivity contribution is 5.86. The predicted octanol–water partition coefficient (Wildman–Crippen LogP) is 4.19. The SMILES string of the molecule is COC(=O)c1coc(COc2cccc(C(C)C(C)(C)C)c2)n1. The van der Waals surface area contributed by atoms with Gasteiger partial charge in [-0.2, -0.15) is 0 Å². The smallest absolute Gasteiger partial charge is 0.360 e. The molecule has 0 saturated carbocycles. The number of carbonyl (C=O) groups is 1. The fraction of sp³-hybridized carbons (Fsp3) is 0.444. The Morgan fingerprint density at radius 3 is 2.74 bits per heavy atom. The van der Waals surface area contributed by atoms with Gasteiger partial charge in [0.05, 0.1) is 7.11 Å². The van der Waals surface area contributed by atoms with Crippen LogP contribution in [0.25, 0.3) is 0 Å². The fourth-order valence-corrected chi connectivity index (χ4v) is 2.09. The summed E-state index contributed by atoms with van der Waals surface area (Å²) < 4.78 is 15.5. The third-order valence-electron chi connectivity index (χ3n) is 3.97. The molecule has 1 atom stereocenters. The van der Waals surface area contributed by atoms with Crippen LogP contribution in [0.3, 0.4) is 0 Å². The van der Waals surface area contributed by atoms with Gasteiger partial charge in [0.2, 0.25) is 5.89 Å². The molecule has 1 unspecified atom stereocenters. The van der Waals surface area contributed by atoms with Crippen LogP contribution in [-0.2, 0) is 11.3 Å². The van der Waals surface area contributed by atoms with E-state index in [0.717, 1.165) is 5.75 Å². The molecule has 2 rings (SSSR count). The van der Waals surface area contributed by atoms with Crippen LogP contribution >= 0.6 is 0 Å². The molecule has 5 heteroatoms. The van der Waals surface area contributed by atoms with Crippen LogP contribution in [0, 0.1) is 5.41 Å². The van der Waals surface area contributed by atoms with Crippen LogP contribution in [-0.4, -0.2) is 18.1 Å². The van der Waals surface area contributed by atoms with Crippen LogP contribution in [0.5, 0.6) is 5.75 Å². The number of methoxy groups -OCH3 is 1. The van der Waals surface area contributed by atoms with Gasteiger partial charge in [-0.05, 0) is 29.0 Å². The molecule has 0 bridgehead atoms. The van der Waals surface area contributed by atoms with Crippen molar-refractivity contribution in [2.24, 2.45) is 5.41 Å². The van der Waals surface area contributed by atoms with Gasteiger partial charge in [0, 0.05) is 0 Å². The molecular weight excluding hydrogens is 294 g/mol. The summed E-state index contributed by atoms with van der Waals surface area (Å²) in [5, 5.41) is 0. The second-order valence-electron chi connectivity index (χ2n) is 6.57. The van der Waals surface area contributed by atoms with Crippen LogP contribution in [0.2, 0.25) is 0 Å². The van der Waals surface area contributed by atoms with E-state index in [1.807, 2.05) is 18.2 Å². The Balaban J connectivity index is 2.04. The molecule has 124 valence electrons. The summed E-state index contributed by atoms with van der Waals surface area (Å²) >= 11 is 0. The average Bonchev–Trinajstić information content (AvgIpc) is 2.99. The topological polar surface area (TPSA) is 61.6 Å². The van der Waals surface area contributed by atoms with E-state index in [4.69, 9.17) is 9.15 Å². The van der Waals surface area contributed by atoms with E-state index in [0.29, 0.717) is 11.8 Å². The molecule has 1 aromatic carbocycles. The normalized spacial score (nSPS) is 12.7. The standard InChI is InChI=1S/C18H23NO4/c1-12(18(2,3)4)13-7-6-8-14(9-13)22-11-16-19-15(10-23-16)17(20)21-5/h6-10,12H,11H2,1-5H3. The Morgan fingerprint density at radius 2 is 2.09 bits per heavy atom. The molecule has 5 nitrogen and oxygen atoms in total. The Bertz CT molecular complexity index is 670. The largest absolute Gasteiger partial charge is 0.484 e. The van der Waals surface area contributed by atoms with Crippen molar-refractivity contribution in [1.82, 2.24) is 4.98 Å². The van der Waals surface area contributed by atoms with Gasteiger partial charge in [-0.25, -0.2) is 9.78 Å². The Hall–Kier alpha value is -2.30. The van der Waals surface area contributed by atoms with Crippen molar-refractivity contribution in [3.8, 4) is 5.75 Å². The van der Waals surface area contributed by atoms with Gasteiger partial charge in [0.1, 0.15) is 12.0 Å². The zero-order valence-corrected chi connectivity index (χ0v) is 14.3. The van der Waals surface area contributed by atoms with Crippen molar-refractivity contribution in [2.75, 3.05) is 7.11 Å². The summed E-state index contributed by atoms with van der Waals surface area (Å²) in [6.07, 6.45) is 1.27. The maximum Gasteiger partial charge on any atom is 0.360 e. The number of ether oxygens (including phenoxy) is 2. The molecule has 1 aromatic heterocycles. The van der Waals surface area contributed by atoms with E-state index in [-0.39, 0.29) is 17.7 Å². The molecule has 0 aliphatic heterocycles. The van der Waals surface area contributed by atoms with E-state index in [2.05, 4.69) is 43.5 Å². The molecular formula is C18H23NO4. The van der Waals surface area contributed by atoms with Crippen molar-refractivity contribution in [2.45, 2.75) is 40.2 Å². The van der Waals surface area contributed by atoms with Gasteiger partial charge in [-0.3, -0.25) is 0 Å². The van der Waals surface area contributed by atoms with Gasteiger partial charge in [0.15, 0.2) is 12.3 Å². The predicted molar refractivity (Wildman–Crippen MR) is 86.5 cm³/mol. The third-order valence-corrected chi connectivity index (χ3v) is 3.97. The molecule has 0 aliphatic carbocycles. The van der Waals surface area contributed by atoms with Crippen LogP contribution < -0.4 is 4.74 Å². The Kier molecular flexibility index (Phi) is 5.08. The molecule has 1 heterocycles. The van der Waals surface area contributed by atoms with Gasteiger partial charge in [-0.15, -0.1) is 0 Å². The molecule has 0 aliphatic rings. The Labute approximate surface area is 136 Å². The fourth-order valence-electron chi connectivity index (χ4n) is 2.09. The second kappa shape index (κ2) is 6.86. The summed E-state index contributed by atoms with van der Waals surface area (Å²) in [6, 6.07) is 7.99. The summed E-state index contributed by atoms with van der Waals surface area (Å²) in [5.41, 5.74) is 1.54. The number of aromatic nitrogens is 1. The maximum absolute atomic E-state index is 11.3. The van der Waals surface area contributed by atoms with Crippen LogP contribution in [0.4, 0.5) is 0 Å². The zero-order chi connectivity index (χ0) is 17.0. The van der Waals surface area contributed by atoms with E-state index in [1.165, 1.54) is 18.9 Å². The number of hydrogen-bond donors (Lipinski definition) is 0. The number of nitrogens with zero attached hydrogens (tertiary/aromatic N) is 1. The van der Waals surface area contributed by atoms with Crippen molar-refractivity contribution < 1.29 is 18.7 Å². The summed E-state index contributed by atoms with van der Waals surface area (Å²) in [4.78, 5) is 15.4. The van der Waals surface area contributed by atoms with Crippen molar-refractivity contribution in [3.05, 3.63) is 47.7 Å². The van der Waals surface area contributed by atoms with Crippen molar-refractivity contribution in [1.29, 1.82) is 0 Å². The summed E-state index contributed by atoms with van der Waals surface area (Å²) in [6.45, 7) is 9.01. The van der Waals surface area contributed by atoms with E-state index in [9.17, 15) is 4.79 Å².